The number of carbonyl (C=O) groups excluding carboxylic acids is 2. The third-order valence-electron chi connectivity index (χ3n) is 5.80. The number of ketones is 1. The van der Waals surface area contributed by atoms with Crippen LogP contribution in [0.15, 0.2) is 71.1 Å². The van der Waals surface area contributed by atoms with Crippen LogP contribution in [0.25, 0.3) is 0 Å². The fourth-order valence-corrected chi connectivity index (χ4v) is 4.38. The van der Waals surface area contributed by atoms with Crippen LogP contribution in [-0.4, -0.2) is 25.9 Å². The number of methoxy groups -OCH3 is 2. The Morgan fingerprint density at radius 1 is 1.06 bits per heavy atom. The lowest BCUT2D eigenvalue weighted by atomic mass is 9.75. The van der Waals surface area contributed by atoms with Crippen LogP contribution in [0.5, 0.6) is 11.5 Å². The Bertz CT molecular complexity index is 1100. The number of hydrogen-bond donors (Lipinski definition) is 2. The van der Waals surface area contributed by atoms with Crippen LogP contribution in [0.1, 0.15) is 37.7 Å². The Kier molecular flexibility index (Phi) is 5.80. The maximum Gasteiger partial charge on any atom is 0.254 e. The molecule has 2 aromatic rings. The molecule has 0 unspecified atom stereocenters. The van der Waals surface area contributed by atoms with Gasteiger partial charge in [0.15, 0.2) is 5.78 Å². The second-order valence-corrected chi connectivity index (χ2v) is 7.70. The zero-order chi connectivity index (χ0) is 22.0. The molecule has 0 aromatic heterocycles. The first-order valence-electron chi connectivity index (χ1n) is 10.4. The van der Waals surface area contributed by atoms with E-state index in [1.165, 1.54) is 0 Å². The molecule has 0 saturated heterocycles. The van der Waals surface area contributed by atoms with Gasteiger partial charge in [0.05, 0.1) is 19.9 Å². The number of allylic oxidation sites excluding steroid dienone is 3. The second-order valence-electron chi connectivity index (χ2n) is 7.70. The summed E-state index contributed by atoms with van der Waals surface area (Å²) >= 11 is 0. The molecule has 31 heavy (non-hydrogen) atoms. The smallest absolute Gasteiger partial charge is 0.254 e. The first kappa shape index (κ1) is 20.7. The topological polar surface area (TPSA) is 76.7 Å². The molecule has 2 N–H and O–H groups in total. The van der Waals surface area contributed by atoms with Gasteiger partial charge in [-0.2, -0.15) is 0 Å². The minimum Gasteiger partial charge on any atom is -0.497 e. The molecular weight excluding hydrogens is 392 g/mol. The summed E-state index contributed by atoms with van der Waals surface area (Å²) in [6, 6.07) is 14.8. The summed E-state index contributed by atoms with van der Waals surface area (Å²) in [5.41, 5.74) is 4.29. The van der Waals surface area contributed by atoms with Gasteiger partial charge in [0.1, 0.15) is 11.5 Å². The van der Waals surface area contributed by atoms with Crippen molar-refractivity contribution in [2.75, 3.05) is 19.5 Å². The number of rotatable bonds is 5. The average Bonchev–Trinajstić information content (AvgIpc) is 2.78. The molecule has 0 bridgehead atoms. The highest BCUT2D eigenvalue weighted by Gasteiger charge is 2.38. The fraction of sp³-hybridized carbons (Fsp3) is 0.280. The number of amides is 1. The third kappa shape index (κ3) is 3.93. The first-order valence-corrected chi connectivity index (χ1v) is 10.4. The van der Waals surface area contributed by atoms with Crippen molar-refractivity contribution in [3.63, 3.8) is 0 Å². The number of para-hydroxylation sites is 2. The molecule has 6 nitrogen and oxygen atoms in total. The van der Waals surface area contributed by atoms with Crippen LogP contribution >= 0.6 is 0 Å². The van der Waals surface area contributed by atoms with E-state index in [1.54, 1.807) is 26.4 Å². The lowest BCUT2D eigenvalue weighted by Gasteiger charge is -2.34. The van der Waals surface area contributed by atoms with Gasteiger partial charge in [0.2, 0.25) is 0 Å². The molecule has 1 aliphatic carbocycles. The van der Waals surface area contributed by atoms with Gasteiger partial charge in [-0.05, 0) is 49.6 Å². The summed E-state index contributed by atoms with van der Waals surface area (Å²) in [5.74, 6) is 0.603. The Morgan fingerprint density at radius 3 is 2.65 bits per heavy atom. The van der Waals surface area contributed by atoms with Gasteiger partial charge in [-0.1, -0.05) is 24.3 Å². The molecule has 2 aromatic carbocycles. The molecule has 4 rings (SSSR count). The van der Waals surface area contributed by atoms with Gasteiger partial charge >= 0.3 is 0 Å². The molecule has 160 valence electrons. The highest BCUT2D eigenvalue weighted by molar-refractivity contribution is 6.10. The fourth-order valence-electron chi connectivity index (χ4n) is 4.38. The molecule has 0 fully saturated rings. The Balaban J connectivity index is 1.80. The van der Waals surface area contributed by atoms with Gasteiger partial charge in [-0.25, -0.2) is 0 Å². The minimum absolute atomic E-state index is 0.0802. The zero-order valence-electron chi connectivity index (χ0n) is 18.0. The Labute approximate surface area is 181 Å². The molecule has 0 saturated carbocycles. The van der Waals surface area contributed by atoms with Crippen molar-refractivity contribution >= 4 is 17.4 Å². The van der Waals surface area contributed by atoms with Crippen molar-refractivity contribution < 1.29 is 19.1 Å². The van der Waals surface area contributed by atoms with Gasteiger partial charge in [-0.3, -0.25) is 9.59 Å². The highest BCUT2D eigenvalue weighted by Crippen LogP contribution is 2.43. The summed E-state index contributed by atoms with van der Waals surface area (Å²) < 4.78 is 10.8. The van der Waals surface area contributed by atoms with Crippen LogP contribution in [0, 0.1) is 0 Å². The normalized spacial score (nSPS) is 18.3. The van der Waals surface area contributed by atoms with Crippen molar-refractivity contribution in [1.29, 1.82) is 0 Å². The number of benzene rings is 2. The minimum atomic E-state index is -0.464. The summed E-state index contributed by atoms with van der Waals surface area (Å²) in [6.45, 7) is 1.88. The van der Waals surface area contributed by atoms with Gasteiger partial charge in [0.25, 0.3) is 5.91 Å². The molecule has 1 aliphatic heterocycles. The summed E-state index contributed by atoms with van der Waals surface area (Å²) in [7, 11) is 3.17. The molecule has 6 heteroatoms. The van der Waals surface area contributed by atoms with E-state index in [9.17, 15) is 9.59 Å². The molecule has 0 radical (unpaired) electrons. The predicted octanol–water partition coefficient (Wildman–Crippen LogP) is 4.31. The Hall–Kier alpha value is -3.54. The van der Waals surface area contributed by atoms with E-state index in [0.29, 0.717) is 34.8 Å². The molecule has 1 heterocycles. The van der Waals surface area contributed by atoms with Crippen LogP contribution in [-0.2, 0) is 9.59 Å². The number of ether oxygens (including phenoxy) is 2. The Morgan fingerprint density at radius 2 is 1.87 bits per heavy atom. The zero-order valence-corrected chi connectivity index (χ0v) is 18.0. The molecule has 0 spiro atoms. The number of carbonyl (C=O) groups is 2. The first-order chi connectivity index (χ1) is 15.0. The maximum atomic E-state index is 13.5. The summed E-state index contributed by atoms with van der Waals surface area (Å²) in [4.78, 5) is 26.5. The number of Topliss-reactive ketones (excluding diaryl/α,β-unsaturated/α-hetero) is 1. The number of nitrogens with one attached hydrogen (secondary N) is 2. The summed E-state index contributed by atoms with van der Waals surface area (Å²) in [6.07, 6.45) is 2.09. The highest BCUT2D eigenvalue weighted by atomic mass is 16.5. The van der Waals surface area contributed by atoms with E-state index < -0.39 is 5.92 Å². The van der Waals surface area contributed by atoms with E-state index in [4.69, 9.17) is 9.47 Å². The predicted molar refractivity (Wildman–Crippen MR) is 119 cm³/mol. The standard InChI is InChI=1S/C25H26N2O4/c1-15-22(25(29)27-18-10-4-5-13-21(18)31-3)23(16-8-6-9-17(14-16)30-2)24-19(26-15)11-7-12-20(24)28/h4-6,8-10,13-14,23,26H,7,11-12H2,1-3H3,(H,27,29)/t23-/m0/s1. The SMILES string of the molecule is COc1cccc([C@H]2C(C(=O)Nc3ccccc3OC)=C(C)NC3=C2C(=O)CCC3)c1. The molecule has 2 aliphatic rings. The average molecular weight is 418 g/mol. The lowest BCUT2D eigenvalue weighted by molar-refractivity contribution is -0.116. The monoisotopic (exact) mass is 418 g/mol. The quantitative estimate of drug-likeness (QED) is 0.757. The van der Waals surface area contributed by atoms with Crippen molar-refractivity contribution in [1.82, 2.24) is 5.32 Å². The van der Waals surface area contributed by atoms with E-state index in [1.807, 2.05) is 43.3 Å². The van der Waals surface area contributed by atoms with Crippen molar-refractivity contribution in [2.45, 2.75) is 32.1 Å². The maximum absolute atomic E-state index is 13.5. The molecule has 1 amide bonds. The molecule has 1 atom stereocenters. The second kappa shape index (κ2) is 8.68. The number of hydrogen-bond acceptors (Lipinski definition) is 5. The van der Waals surface area contributed by atoms with Crippen molar-refractivity contribution in [3.8, 4) is 11.5 Å². The van der Waals surface area contributed by atoms with E-state index in [2.05, 4.69) is 10.6 Å². The van der Waals surface area contributed by atoms with Gasteiger partial charge < -0.3 is 20.1 Å². The van der Waals surface area contributed by atoms with Gasteiger partial charge in [0, 0.05) is 34.9 Å². The van der Waals surface area contributed by atoms with Crippen LogP contribution < -0.4 is 20.1 Å². The largest absolute Gasteiger partial charge is 0.497 e. The van der Waals surface area contributed by atoms with E-state index in [0.717, 1.165) is 29.8 Å². The van der Waals surface area contributed by atoms with Crippen LogP contribution in [0.3, 0.4) is 0 Å². The summed E-state index contributed by atoms with van der Waals surface area (Å²) in [5, 5.41) is 6.31. The van der Waals surface area contributed by atoms with Crippen molar-refractivity contribution in [3.05, 3.63) is 76.6 Å². The number of dihydropyridines is 1. The van der Waals surface area contributed by atoms with E-state index >= 15 is 0 Å². The van der Waals surface area contributed by atoms with Crippen LogP contribution in [0.4, 0.5) is 5.69 Å². The van der Waals surface area contributed by atoms with Gasteiger partial charge in [-0.15, -0.1) is 0 Å². The van der Waals surface area contributed by atoms with Crippen molar-refractivity contribution in [2.24, 2.45) is 0 Å². The van der Waals surface area contributed by atoms with E-state index in [-0.39, 0.29) is 11.7 Å². The third-order valence-corrected chi connectivity index (χ3v) is 5.80. The number of anilines is 1. The lowest BCUT2D eigenvalue weighted by Crippen LogP contribution is -2.35. The van der Waals surface area contributed by atoms with Crippen LogP contribution in [0.2, 0.25) is 0 Å². The molecular formula is C25H26N2O4.